The van der Waals surface area contributed by atoms with E-state index in [9.17, 15) is 9.90 Å². The highest BCUT2D eigenvalue weighted by Crippen LogP contribution is 2.31. The molecule has 0 saturated carbocycles. The van der Waals surface area contributed by atoms with Gasteiger partial charge in [-0.05, 0) is 30.2 Å². The SMILES string of the molecule is Cc1ncccc1C(=O)N[C@@H]1c2ccccc2C[C@@H]1O. The topological polar surface area (TPSA) is 62.2 Å². The maximum absolute atomic E-state index is 12.3. The summed E-state index contributed by atoms with van der Waals surface area (Å²) < 4.78 is 0. The summed E-state index contributed by atoms with van der Waals surface area (Å²) in [6, 6.07) is 10.9. The van der Waals surface area contributed by atoms with Crippen molar-refractivity contribution in [1.29, 1.82) is 0 Å². The number of rotatable bonds is 2. The van der Waals surface area contributed by atoms with Gasteiger partial charge in [0.2, 0.25) is 0 Å². The van der Waals surface area contributed by atoms with Crippen LogP contribution in [0, 0.1) is 6.92 Å². The molecule has 1 aliphatic carbocycles. The Morgan fingerprint density at radius 1 is 1.30 bits per heavy atom. The standard InChI is InChI=1S/C16H16N2O2/c1-10-12(7-4-8-17-10)16(20)18-15-13-6-3-2-5-11(13)9-14(15)19/h2-8,14-15,19H,9H2,1H3,(H,18,20)/t14-,15+/m0/s1. The smallest absolute Gasteiger partial charge is 0.253 e. The molecule has 1 amide bonds. The van der Waals surface area contributed by atoms with Crippen molar-refractivity contribution in [1.82, 2.24) is 10.3 Å². The third kappa shape index (κ3) is 2.18. The van der Waals surface area contributed by atoms with Crippen LogP contribution < -0.4 is 5.32 Å². The van der Waals surface area contributed by atoms with E-state index in [4.69, 9.17) is 0 Å². The van der Waals surface area contributed by atoms with Crippen LogP contribution in [-0.2, 0) is 6.42 Å². The van der Waals surface area contributed by atoms with Crippen molar-refractivity contribution in [3.63, 3.8) is 0 Å². The Balaban J connectivity index is 1.85. The van der Waals surface area contributed by atoms with Gasteiger partial charge in [0.05, 0.1) is 17.7 Å². The zero-order valence-electron chi connectivity index (χ0n) is 11.2. The lowest BCUT2D eigenvalue weighted by molar-refractivity contribution is 0.0857. The van der Waals surface area contributed by atoms with E-state index in [2.05, 4.69) is 10.3 Å². The number of amides is 1. The molecule has 2 atom stereocenters. The molecule has 1 heterocycles. The number of nitrogens with zero attached hydrogens (tertiary/aromatic N) is 1. The number of nitrogens with one attached hydrogen (secondary N) is 1. The molecule has 0 spiro atoms. The van der Waals surface area contributed by atoms with Crippen molar-refractivity contribution >= 4 is 5.91 Å². The van der Waals surface area contributed by atoms with Crippen LogP contribution >= 0.6 is 0 Å². The molecule has 1 aromatic heterocycles. The van der Waals surface area contributed by atoms with Crippen molar-refractivity contribution in [2.24, 2.45) is 0 Å². The fourth-order valence-electron chi connectivity index (χ4n) is 2.69. The van der Waals surface area contributed by atoms with Gasteiger partial charge in [0.1, 0.15) is 0 Å². The number of benzene rings is 1. The minimum absolute atomic E-state index is 0.198. The third-order valence-electron chi connectivity index (χ3n) is 3.74. The van der Waals surface area contributed by atoms with Gasteiger partial charge in [-0.1, -0.05) is 24.3 Å². The lowest BCUT2D eigenvalue weighted by Crippen LogP contribution is -2.34. The molecule has 4 heteroatoms. The van der Waals surface area contributed by atoms with Crippen LogP contribution in [0.3, 0.4) is 0 Å². The van der Waals surface area contributed by atoms with Gasteiger partial charge in [-0.2, -0.15) is 0 Å². The first-order valence-corrected chi connectivity index (χ1v) is 6.65. The van der Waals surface area contributed by atoms with Crippen LogP contribution in [0.1, 0.15) is 33.2 Å². The molecule has 0 fully saturated rings. The van der Waals surface area contributed by atoms with E-state index in [1.54, 1.807) is 25.3 Å². The van der Waals surface area contributed by atoms with E-state index in [-0.39, 0.29) is 11.9 Å². The molecule has 20 heavy (non-hydrogen) atoms. The summed E-state index contributed by atoms with van der Waals surface area (Å²) >= 11 is 0. The quantitative estimate of drug-likeness (QED) is 0.872. The van der Waals surface area contributed by atoms with Crippen molar-refractivity contribution in [3.8, 4) is 0 Å². The average molecular weight is 268 g/mol. The molecule has 0 saturated heterocycles. The third-order valence-corrected chi connectivity index (χ3v) is 3.74. The molecule has 1 aromatic carbocycles. The van der Waals surface area contributed by atoms with Crippen molar-refractivity contribution in [2.45, 2.75) is 25.5 Å². The molecular weight excluding hydrogens is 252 g/mol. The highest BCUT2D eigenvalue weighted by molar-refractivity contribution is 5.95. The van der Waals surface area contributed by atoms with E-state index in [1.807, 2.05) is 24.3 Å². The fourth-order valence-corrected chi connectivity index (χ4v) is 2.69. The first-order chi connectivity index (χ1) is 9.66. The van der Waals surface area contributed by atoms with E-state index >= 15 is 0 Å². The Bertz CT molecular complexity index is 654. The second-order valence-corrected chi connectivity index (χ2v) is 5.06. The van der Waals surface area contributed by atoms with Crippen molar-refractivity contribution < 1.29 is 9.90 Å². The molecular formula is C16H16N2O2. The van der Waals surface area contributed by atoms with Gasteiger partial charge in [0.25, 0.3) is 5.91 Å². The second-order valence-electron chi connectivity index (χ2n) is 5.06. The number of hydrogen-bond donors (Lipinski definition) is 2. The Kier molecular flexibility index (Phi) is 3.24. The highest BCUT2D eigenvalue weighted by Gasteiger charge is 2.32. The van der Waals surface area contributed by atoms with Gasteiger partial charge in [-0.15, -0.1) is 0 Å². The molecule has 3 rings (SSSR count). The van der Waals surface area contributed by atoms with E-state index in [0.717, 1.165) is 11.1 Å². The number of pyridine rings is 1. The Morgan fingerprint density at radius 3 is 2.90 bits per heavy atom. The number of aliphatic hydroxyl groups excluding tert-OH is 1. The van der Waals surface area contributed by atoms with Crippen molar-refractivity contribution in [2.75, 3.05) is 0 Å². The average Bonchev–Trinajstić information content (AvgIpc) is 2.76. The van der Waals surface area contributed by atoms with Gasteiger partial charge in [-0.25, -0.2) is 0 Å². The molecule has 2 aromatic rings. The molecule has 0 unspecified atom stereocenters. The van der Waals surface area contributed by atoms with E-state index in [0.29, 0.717) is 17.7 Å². The minimum atomic E-state index is -0.576. The monoisotopic (exact) mass is 268 g/mol. The van der Waals surface area contributed by atoms with Crippen LogP contribution in [0.5, 0.6) is 0 Å². The molecule has 4 nitrogen and oxygen atoms in total. The fraction of sp³-hybridized carbons (Fsp3) is 0.250. The minimum Gasteiger partial charge on any atom is -0.390 e. The molecule has 102 valence electrons. The number of aliphatic hydroxyl groups is 1. The Hall–Kier alpha value is -2.20. The number of fused-ring (bicyclic) bond motifs is 1. The van der Waals surface area contributed by atoms with Gasteiger partial charge >= 0.3 is 0 Å². The maximum atomic E-state index is 12.3. The van der Waals surface area contributed by atoms with E-state index < -0.39 is 6.10 Å². The summed E-state index contributed by atoms with van der Waals surface area (Å²) in [5.74, 6) is -0.198. The largest absolute Gasteiger partial charge is 0.390 e. The first-order valence-electron chi connectivity index (χ1n) is 6.65. The number of carbonyl (C=O) groups excluding carboxylic acids is 1. The zero-order valence-corrected chi connectivity index (χ0v) is 11.2. The van der Waals surface area contributed by atoms with Gasteiger partial charge < -0.3 is 10.4 Å². The Morgan fingerprint density at radius 2 is 2.10 bits per heavy atom. The number of aromatic nitrogens is 1. The summed E-state index contributed by atoms with van der Waals surface area (Å²) in [5, 5.41) is 13.1. The number of aryl methyl sites for hydroxylation is 1. The predicted molar refractivity (Wildman–Crippen MR) is 75.3 cm³/mol. The maximum Gasteiger partial charge on any atom is 0.253 e. The molecule has 0 radical (unpaired) electrons. The number of hydrogen-bond acceptors (Lipinski definition) is 3. The molecule has 2 N–H and O–H groups in total. The van der Waals surface area contributed by atoms with Gasteiger partial charge in [0.15, 0.2) is 0 Å². The summed E-state index contributed by atoms with van der Waals surface area (Å²) in [6.07, 6.45) is 1.66. The van der Waals surface area contributed by atoms with Crippen LogP contribution in [-0.4, -0.2) is 22.1 Å². The summed E-state index contributed by atoms with van der Waals surface area (Å²) in [5.41, 5.74) is 3.32. The lowest BCUT2D eigenvalue weighted by atomic mass is 10.1. The normalized spacial score (nSPS) is 20.5. The first kappa shape index (κ1) is 12.8. The predicted octanol–water partition coefficient (Wildman–Crippen LogP) is 1.78. The lowest BCUT2D eigenvalue weighted by Gasteiger charge is -2.18. The second kappa shape index (κ2) is 5.06. The molecule has 0 aliphatic heterocycles. The van der Waals surface area contributed by atoms with Crippen molar-refractivity contribution in [3.05, 3.63) is 65.0 Å². The van der Waals surface area contributed by atoms with Crippen LogP contribution in [0.2, 0.25) is 0 Å². The number of carbonyl (C=O) groups is 1. The van der Waals surface area contributed by atoms with Gasteiger partial charge in [0, 0.05) is 18.3 Å². The van der Waals surface area contributed by atoms with Crippen LogP contribution in [0.15, 0.2) is 42.6 Å². The van der Waals surface area contributed by atoms with Crippen LogP contribution in [0.25, 0.3) is 0 Å². The van der Waals surface area contributed by atoms with Gasteiger partial charge in [-0.3, -0.25) is 9.78 Å². The van der Waals surface area contributed by atoms with Crippen LogP contribution in [0.4, 0.5) is 0 Å². The highest BCUT2D eigenvalue weighted by atomic mass is 16.3. The summed E-state index contributed by atoms with van der Waals surface area (Å²) in [6.45, 7) is 1.80. The zero-order chi connectivity index (χ0) is 14.1. The summed E-state index contributed by atoms with van der Waals surface area (Å²) in [4.78, 5) is 16.4. The Labute approximate surface area is 117 Å². The summed E-state index contributed by atoms with van der Waals surface area (Å²) in [7, 11) is 0. The van der Waals surface area contributed by atoms with E-state index in [1.165, 1.54) is 0 Å². The molecule has 0 bridgehead atoms. The molecule has 1 aliphatic rings.